The van der Waals surface area contributed by atoms with Crippen molar-refractivity contribution in [1.29, 1.82) is 0 Å². The summed E-state index contributed by atoms with van der Waals surface area (Å²) in [4.78, 5) is 0. The summed E-state index contributed by atoms with van der Waals surface area (Å²) in [7, 11) is 0. The van der Waals surface area contributed by atoms with Crippen LogP contribution in [0.15, 0.2) is 46.5 Å². The van der Waals surface area contributed by atoms with Crippen molar-refractivity contribution in [3.8, 4) is 0 Å². The molecule has 4 N–H and O–H groups in total. The van der Waals surface area contributed by atoms with Crippen molar-refractivity contribution in [2.45, 2.75) is 25.4 Å². The summed E-state index contributed by atoms with van der Waals surface area (Å²) in [6.45, 7) is 4.08. The van der Waals surface area contributed by atoms with Crippen molar-refractivity contribution in [2.75, 3.05) is 0 Å². The van der Waals surface area contributed by atoms with Crippen LogP contribution >= 0.6 is 15.9 Å². The van der Waals surface area contributed by atoms with Gasteiger partial charge in [0.1, 0.15) is 0 Å². The van der Waals surface area contributed by atoms with Gasteiger partial charge in [-0.05, 0) is 36.6 Å². The van der Waals surface area contributed by atoms with Crippen molar-refractivity contribution in [3.05, 3.63) is 57.6 Å². The van der Waals surface area contributed by atoms with Gasteiger partial charge in [0.2, 0.25) is 0 Å². The molecule has 17 heavy (non-hydrogen) atoms. The van der Waals surface area contributed by atoms with Crippen molar-refractivity contribution in [2.24, 2.45) is 11.5 Å². The predicted octanol–water partition coefficient (Wildman–Crippen LogP) is 2.75. The Morgan fingerprint density at radius 3 is 2.59 bits per heavy atom. The molecule has 0 fully saturated rings. The highest BCUT2D eigenvalue weighted by atomic mass is 79.9. The molecule has 0 saturated carbocycles. The molecule has 1 aromatic carbocycles. The summed E-state index contributed by atoms with van der Waals surface area (Å²) in [6.07, 6.45) is 5.95. The summed E-state index contributed by atoms with van der Waals surface area (Å²) in [5.74, 6) is 0. The second-order valence-electron chi connectivity index (χ2n) is 4.59. The van der Waals surface area contributed by atoms with Crippen molar-refractivity contribution >= 4 is 15.9 Å². The van der Waals surface area contributed by atoms with Crippen LogP contribution in [0.3, 0.4) is 0 Å². The molecule has 0 amide bonds. The molecule has 0 heterocycles. The Morgan fingerprint density at radius 1 is 1.29 bits per heavy atom. The van der Waals surface area contributed by atoms with Crippen molar-refractivity contribution in [3.63, 3.8) is 0 Å². The molecule has 0 aromatic heterocycles. The fraction of sp³-hybridized carbons (Fsp3) is 0.286. The van der Waals surface area contributed by atoms with Gasteiger partial charge in [-0.3, -0.25) is 0 Å². The van der Waals surface area contributed by atoms with Crippen LogP contribution in [-0.4, -0.2) is 6.04 Å². The maximum Gasteiger partial charge on any atom is 0.0815 e. The van der Waals surface area contributed by atoms with Crippen molar-refractivity contribution in [1.82, 2.24) is 0 Å². The van der Waals surface area contributed by atoms with Crippen LogP contribution in [0.2, 0.25) is 0 Å². The third kappa shape index (κ3) is 1.99. The average Bonchev–Trinajstić information content (AvgIpc) is 2.29. The van der Waals surface area contributed by atoms with Gasteiger partial charge in [0.25, 0.3) is 0 Å². The number of halogens is 1. The number of rotatable bonds is 1. The maximum atomic E-state index is 6.53. The van der Waals surface area contributed by atoms with E-state index in [1.165, 1.54) is 5.56 Å². The zero-order valence-electron chi connectivity index (χ0n) is 10.1. The second-order valence-corrected chi connectivity index (χ2v) is 5.45. The smallest absolute Gasteiger partial charge is 0.0815 e. The van der Waals surface area contributed by atoms with E-state index in [1.54, 1.807) is 0 Å². The first-order valence-electron chi connectivity index (χ1n) is 5.63. The molecule has 2 atom stereocenters. The fourth-order valence-electron chi connectivity index (χ4n) is 2.19. The summed E-state index contributed by atoms with van der Waals surface area (Å²) in [5, 5.41) is 0. The Balaban J connectivity index is 2.54. The number of hydrogen-bond donors (Lipinski definition) is 2. The summed E-state index contributed by atoms with van der Waals surface area (Å²) in [6, 6.07) is 5.97. The largest absolute Gasteiger partial charge is 0.322 e. The monoisotopic (exact) mass is 292 g/mol. The van der Waals surface area contributed by atoms with E-state index < -0.39 is 5.54 Å². The molecule has 3 heteroatoms. The van der Waals surface area contributed by atoms with E-state index in [0.717, 1.165) is 15.6 Å². The van der Waals surface area contributed by atoms with Crippen LogP contribution in [0.5, 0.6) is 0 Å². The van der Waals surface area contributed by atoms with Gasteiger partial charge in [0.15, 0.2) is 0 Å². The molecule has 0 saturated heterocycles. The van der Waals surface area contributed by atoms with Gasteiger partial charge in [0, 0.05) is 10.5 Å². The first-order chi connectivity index (χ1) is 7.96. The molecular formula is C14H17BrN2. The summed E-state index contributed by atoms with van der Waals surface area (Å²) in [5.41, 5.74) is 15.4. The van der Waals surface area contributed by atoms with Crippen LogP contribution in [0.1, 0.15) is 18.1 Å². The quantitative estimate of drug-likeness (QED) is 0.836. The molecule has 0 spiro atoms. The van der Waals surface area contributed by atoms with E-state index in [2.05, 4.69) is 28.9 Å². The highest BCUT2D eigenvalue weighted by molar-refractivity contribution is 9.10. The van der Waals surface area contributed by atoms with Gasteiger partial charge in [-0.1, -0.05) is 46.3 Å². The van der Waals surface area contributed by atoms with Crippen molar-refractivity contribution < 1.29 is 0 Å². The molecule has 1 aliphatic rings. The van der Waals surface area contributed by atoms with Crippen LogP contribution in [0.4, 0.5) is 0 Å². The molecule has 2 rings (SSSR count). The Hall–Kier alpha value is -0.900. The zero-order valence-corrected chi connectivity index (χ0v) is 11.7. The van der Waals surface area contributed by atoms with Gasteiger partial charge in [-0.25, -0.2) is 0 Å². The first kappa shape index (κ1) is 12.6. The molecule has 0 bridgehead atoms. The Bertz CT molecular complexity index is 505. The van der Waals surface area contributed by atoms with Gasteiger partial charge in [0.05, 0.1) is 5.54 Å². The number of hydrogen-bond acceptors (Lipinski definition) is 2. The van der Waals surface area contributed by atoms with Crippen LogP contribution in [-0.2, 0) is 5.54 Å². The predicted molar refractivity (Wildman–Crippen MR) is 75.6 cm³/mol. The van der Waals surface area contributed by atoms with Crippen LogP contribution in [0.25, 0.3) is 0 Å². The molecule has 2 unspecified atom stereocenters. The second kappa shape index (κ2) is 4.41. The first-order valence-corrected chi connectivity index (χ1v) is 6.42. The van der Waals surface area contributed by atoms with Gasteiger partial charge in [-0.15, -0.1) is 0 Å². The Morgan fingerprint density at radius 2 is 2.00 bits per heavy atom. The standard InChI is InChI=1S/C14H17BrN2/c1-9-8-11(6-7-12(9)15)14(17)10(2)4-3-5-13(14)16/h3-8,13H,16-17H2,1-2H3. The van der Waals surface area contributed by atoms with E-state index in [0.29, 0.717) is 0 Å². The van der Waals surface area contributed by atoms with E-state index in [4.69, 9.17) is 11.5 Å². The molecule has 1 aromatic rings. The van der Waals surface area contributed by atoms with Gasteiger partial charge in [-0.2, -0.15) is 0 Å². The average molecular weight is 293 g/mol. The third-order valence-corrected chi connectivity index (χ3v) is 4.37. The Kier molecular flexibility index (Phi) is 3.25. The molecule has 90 valence electrons. The zero-order chi connectivity index (χ0) is 12.6. The molecular weight excluding hydrogens is 276 g/mol. The minimum Gasteiger partial charge on any atom is -0.322 e. The highest BCUT2D eigenvalue weighted by Crippen LogP contribution is 2.34. The van der Waals surface area contributed by atoms with Gasteiger partial charge < -0.3 is 11.5 Å². The topological polar surface area (TPSA) is 52.0 Å². The lowest BCUT2D eigenvalue weighted by molar-refractivity contribution is 0.462. The normalized spacial score (nSPS) is 28.1. The lowest BCUT2D eigenvalue weighted by atomic mass is 9.75. The van der Waals surface area contributed by atoms with Crippen LogP contribution in [0, 0.1) is 6.92 Å². The maximum absolute atomic E-state index is 6.53. The third-order valence-electron chi connectivity index (χ3n) is 3.48. The molecule has 2 nitrogen and oxygen atoms in total. The minimum absolute atomic E-state index is 0.187. The van der Waals surface area contributed by atoms with Crippen LogP contribution < -0.4 is 11.5 Å². The number of nitrogens with two attached hydrogens (primary N) is 2. The highest BCUT2D eigenvalue weighted by Gasteiger charge is 2.36. The number of aryl methyl sites for hydroxylation is 1. The molecule has 0 radical (unpaired) electrons. The fourth-order valence-corrected chi connectivity index (χ4v) is 2.44. The number of allylic oxidation sites excluding steroid dienone is 2. The van der Waals surface area contributed by atoms with E-state index in [1.807, 2.05) is 37.3 Å². The Labute approximate surface area is 111 Å². The van der Waals surface area contributed by atoms with E-state index in [-0.39, 0.29) is 6.04 Å². The van der Waals surface area contributed by atoms with E-state index in [9.17, 15) is 0 Å². The molecule has 0 aliphatic heterocycles. The summed E-state index contributed by atoms with van der Waals surface area (Å²) < 4.78 is 1.09. The lowest BCUT2D eigenvalue weighted by Crippen LogP contribution is -2.53. The van der Waals surface area contributed by atoms with E-state index >= 15 is 0 Å². The van der Waals surface area contributed by atoms with Gasteiger partial charge >= 0.3 is 0 Å². The lowest BCUT2D eigenvalue weighted by Gasteiger charge is -2.37. The SMILES string of the molecule is CC1=CC=CC(N)C1(N)c1ccc(Br)c(C)c1. The summed E-state index contributed by atoms with van der Waals surface area (Å²) >= 11 is 3.50. The minimum atomic E-state index is -0.597. The molecule has 1 aliphatic carbocycles. The number of benzene rings is 1.